The molecule has 2 rings (SSSR count). The first-order valence-corrected chi connectivity index (χ1v) is 5.80. The summed E-state index contributed by atoms with van der Waals surface area (Å²) >= 11 is 0. The number of aromatic nitrogens is 2. The highest BCUT2D eigenvalue weighted by atomic mass is 19.1. The molecule has 5 nitrogen and oxygen atoms in total. The van der Waals surface area contributed by atoms with Gasteiger partial charge in [-0.15, -0.1) is 0 Å². The summed E-state index contributed by atoms with van der Waals surface area (Å²) in [4.78, 5) is 19.2. The first kappa shape index (κ1) is 12.9. The highest BCUT2D eigenvalue weighted by Gasteiger charge is 2.02. The minimum Gasteiger partial charge on any atom is -0.337 e. The smallest absolute Gasteiger partial charge is 0.321 e. The van der Waals surface area contributed by atoms with Gasteiger partial charge in [0.1, 0.15) is 5.82 Å². The van der Waals surface area contributed by atoms with Crippen molar-refractivity contribution in [1.29, 1.82) is 0 Å². The van der Waals surface area contributed by atoms with Gasteiger partial charge in [-0.2, -0.15) is 0 Å². The maximum Gasteiger partial charge on any atom is 0.321 e. The average Bonchev–Trinajstić information content (AvgIpc) is 2.42. The number of hydrogen-bond acceptors (Lipinski definition) is 3. The fourth-order valence-electron chi connectivity index (χ4n) is 1.48. The van der Waals surface area contributed by atoms with Crippen molar-refractivity contribution in [1.82, 2.24) is 15.3 Å². The van der Waals surface area contributed by atoms with Gasteiger partial charge in [0.05, 0.1) is 0 Å². The standard InChI is InChI=1S/C13H13FN4O/c14-11-4-2-10(3-5-11)6-9-17-13(19)18-12-15-7-1-8-16-12/h1-5,7-8H,6,9H2,(H2,15,16,17,18,19). The molecule has 6 heteroatoms. The van der Waals surface area contributed by atoms with Crippen molar-refractivity contribution in [2.45, 2.75) is 6.42 Å². The van der Waals surface area contributed by atoms with Crippen LogP contribution in [0.2, 0.25) is 0 Å². The number of nitrogens with zero attached hydrogens (tertiary/aromatic N) is 2. The van der Waals surface area contributed by atoms with Crippen LogP contribution in [-0.2, 0) is 6.42 Å². The van der Waals surface area contributed by atoms with Crippen LogP contribution in [0.15, 0.2) is 42.7 Å². The molecule has 1 aromatic carbocycles. The van der Waals surface area contributed by atoms with E-state index in [9.17, 15) is 9.18 Å². The summed E-state index contributed by atoms with van der Waals surface area (Å²) in [5.41, 5.74) is 0.956. The van der Waals surface area contributed by atoms with Crippen LogP contribution in [-0.4, -0.2) is 22.5 Å². The Bertz CT molecular complexity index is 530. The molecule has 2 amide bonds. The summed E-state index contributed by atoms with van der Waals surface area (Å²) < 4.78 is 12.7. The molecule has 1 aromatic heterocycles. The third-order valence-corrected chi connectivity index (χ3v) is 2.40. The number of halogens is 1. The number of nitrogens with one attached hydrogen (secondary N) is 2. The van der Waals surface area contributed by atoms with Gasteiger partial charge >= 0.3 is 6.03 Å². The fourth-order valence-corrected chi connectivity index (χ4v) is 1.48. The van der Waals surface area contributed by atoms with Gasteiger partial charge in [-0.3, -0.25) is 5.32 Å². The largest absolute Gasteiger partial charge is 0.337 e. The SMILES string of the molecule is O=C(NCCc1ccc(F)cc1)Nc1ncccn1. The normalized spacial score (nSPS) is 9.95. The third-order valence-electron chi connectivity index (χ3n) is 2.40. The molecule has 0 atom stereocenters. The van der Waals surface area contributed by atoms with Crippen LogP contribution in [0.5, 0.6) is 0 Å². The molecule has 19 heavy (non-hydrogen) atoms. The van der Waals surface area contributed by atoms with E-state index in [0.29, 0.717) is 13.0 Å². The van der Waals surface area contributed by atoms with Gasteiger partial charge in [0.15, 0.2) is 0 Å². The Hall–Kier alpha value is -2.50. The number of carbonyl (C=O) groups excluding carboxylic acids is 1. The molecule has 0 bridgehead atoms. The fraction of sp³-hybridized carbons (Fsp3) is 0.154. The predicted octanol–water partition coefficient (Wildman–Crippen LogP) is 1.98. The highest BCUT2D eigenvalue weighted by molar-refractivity contribution is 5.87. The molecule has 0 saturated heterocycles. The quantitative estimate of drug-likeness (QED) is 0.883. The lowest BCUT2D eigenvalue weighted by atomic mass is 10.1. The topological polar surface area (TPSA) is 66.9 Å². The number of urea groups is 1. The lowest BCUT2D eigenvalue weighted by Gasteiger charge is -2.06. The Kier molecular flexibility index (Phi) is 4.39. The number of rotatable bonds is 4. The molecule has 0 saturated carbocycles. The van der Waals surface area contributed by atoms with Crippen molar-refractivity contribution >= 4 is 12.0 Å². The van der Waals surface area contributed by atoms with Crippen molar-refractivity contribution in [3.63, 3.8) is 0 Å². The molecule has 98 valence electrons. The molecule has 0 spiro atoms. The van der Waals surface area contributed by atoms with E-state index in [0.717, 1.165) is 5.56 Å². The number of amides is 2. The summed E-state index contributed by atoms with van der Waals surface area (Å²) in [6.45, 7) is 0.449. The van der Waals surface area contributed by atoms with Gasteiger partial charge in [-0.25, -0.2) is 19.2 Å². The van der Waals surface area contributed by atoms with E-state index in [1.54, 1.807) is 30.6 Å². The van der Waals surface area contributed by atoms with Crippen molar-refractivity contribution in [2.75, 3.05) is 11.9 Å². The molecule has 2 N–H and O–H groups in total. The average molecular weight is 260 g/mol. The molecule has 0 radical (unpaired) electrons. The Balaban J connectivity index is 1.74. The summed E-state index contributed by atoms with van der Waals surface area (Å²) in [7, 11) is 0. The van der Waals surface area contributed by atoms with Crippen LogP contribution < -0.4 is 10.6 Å². The van der Waals surface area contributed by atoms with Crippen LogP contribution in [0.4, 0.5) is 15.1 Å². The number of carbonyl (C=O) groups is 1. The Morgan fingerprint density at radius 2 is 1.84 bits per heavy atom. The zero-order valence-corrected chi connectivity index (χ0v) is 10.1. The maximum absolute atomic E-state index is 12.7. The highest BCUT2D eigenvalue weighted by Crippen LogP contribution is 2.02. The Morgan fingerprint density at radius 3 is 2.53 bits per heavy atom. The van der Waals surface area contributed by atoms with E-state index in [-0.39, 0.29) is 17.8 Å². The Labute approximate surface area is 109 Å². The first-order valence-electron chi connectivity index (χ1n) is 5.80. The van der Waals surface area contributed by atoms with Gasteiger partial charge in [-0.1, -0.05) is 12.1 Å². The molecule has 2 aromatic rings. The second-order valence-corrected chi connectivity index (χ2v) is 3.83. The number of anilines is 1. The first-order chi connectivity index (χ1) is 9.24. The van der Waals surface area contributed by atoms with E-state index < -0.39 is 0 Å². The summed E-state index contributed by atoms with van der Waals surface area (Å²) in [5, 5.41) is 5.18. The lowest BCUT2D eigenvalue weighted by molar-refractivity contribution is 0.252. The van der Waals surface area contributed by atoms with Gasteiger partial charge in [0, 0.05) is 18.9 Å². The lowest BCUT2D eigenvalue weighted by Crippen LogP contribution is -2.31. The molecule has 1 heterocycles. The molecular weight excluding hydrogens is 247 g/mol. The van der Waals surface area contributed by atoms with Gasteiger partial charge in [0.25, 0.3) is 0 Å². The third kappa shape index (κ3) is 4.34. The Morgan fingerprint density at radius 1 is 1.16 bits per heavy atom. The van der Waals surface area contributed by atoms with E-state index in [1.807, 2.05) is 0 Å². The zero-order chi connectivity index (χ0) is 13.5. The van der Waals surface area contributed by atoms with E-state index in [2.05, 4.69) is 20.6 Å². The molecule has 0 aliphatic carbocycles. The van der Waals surface area contributed by atoms with Crippen molar-refractivity contribution in [3.05, 3.63) is 54.1 Å². The van der Waals surface area contributed by atoms with E-state index in [4.69, 9.17) is 0 Å². The van der Waals surface area contributed by atoms with Crippen LogP contribution >= 0.6 is 0 Å². The molecule has 0 unspecified atom stereocenters. The number of hydrogen-bond donors (Lipinski definition) is 2. The monoisotopic (exact) mass is 260 g/mol. The maximum atomic E-state index is 12.7. The van der Waals surface area contributed by atoms with Gasteiger partial charge < -0.3 is 5.32 Å². The summed E-state index contributed by atoms with van der Waals surface area (Å²) in [6.07, 6.45) is 3.71. The van der Waals surface area contributed by atoms with Crippen molar-refractivity contribution < 1.29 is 9.18 Å². The summed E-state index contributed by atoms with van der Waals surface area (Å²) in [6, 6.07) is 7.47. The number of benzene rings is 1. The van der Waals surface area contributed by atoms with Crippen LogP contribution in [0.25, 0.3) is 0 Å². The predicted molar refractivity (Wildman–Crippen MR) is 69.2 cm³/mol. The van der Waals surface area contributed by atoms with Gasteiger partial charge in [0.2, 0.25) is 5.95 Å². The van der Waals surface area contributed by atoms with Crippen LogP contribution in [0.3, 0.4) is 0 Å². The van der Waals surface area contributed by atoms with Crippen molar-refractivity contribution in [2.24, 2.45) is 0 Å². The zero-order valence-electron chi connectivity index (χ0n) is 10.1. The second-order valence-electron chi connectivity index (χ2n) is 3.83. The van der Waals surface area contributed by atoms with Gasteiger partial charge in [-0.05, 0) is 30.2 Å². The molecule has 0 fully saturated rings. The van der Waals surface area contributed by atoms with E-state index in [1.165, 1.54) is 12.1 Å². The molecular formula is C13H13FN4O. The van der Waals surface area contributed by atoms with Crippen LogP contribution in [0.1, 0.15) is 5.56 Å². The molecule has 0 aliphatic rings. The van der Waals surface area contributed by atoms with Crippen molar-refractivity contribution in [3.8, 4) is 0 Å². The minimum absolute atomic E-state index is 0.252. The minimum atomic E-state index is -0.367. The van der Waals surface area contributed by atoms with E-state index >= 15 is 0 Å². The second kappa shape index (κ2) is 6.44. The molecule has 0 aliphatic heterocycles. The van der Waals surface area contributed by atoms with Crippen LogP contribution in [0, 0.1) is 5.82 Å². The summed E-state index contributed by atoms with van der Waals surface area (Å²) in [5.74, 6) is -0.0162.